The predicted octanol–water partition coefficient (Wildman–Crippen LogP) is 4.88. The molecular weight excluding hydrogens is 405 g/mol. The molecule has 1 atom stereocenters. The van der Waals surface area contributed by atoms with Gasteiger partial charge in [-0.05, 0) is 66.1 Å². The molecular formula is C24H25F3N2O2. The summed E-state index contributed by atoms with van der Waals surface area (Å²) in [5.41, 5.74) is 2.22. The number of fused-ring (bicyclic) bond motifs is 1. The first-order valence-corrected chi connectivity index (χ1v) is 10.5. The number of nitrogens with one attached hydrogen (secondary N) is 2. The summed E-state index contributed by atoms with van der Waals surface area (Å²) < 4.78 is 41.9. The van der Waals surface area contributed by atoms with E-state index in [-0.39, 0.29) is 47.6 Å². The highest BCUT2D eigenvalue weighted by molar-refractivity contribution is 5.92. The van der Waals surface area contributed by atoms with Gasteiger partial charge in [-0.1, -0.05) is 13.8 Å². The second kappa shape index (κ2) is 8.38. The van der Waals surface area contributed by atoms with Gasteiger partial charge in [0, 0.05) is 17.4 Å². The molecule has 1 aliphatic carbocycles. The molecule has 164 valence electrons. The largest absolute Gasteiger partial charge is 0.394 e. The monoisotopic (exact) mass is 430 g/mol. The maximum absolute atomic E-state index is 14.4. The lowest BCUT2D eigenvalue weighted by molar-refractivity contribution is -0.129. The Hall–Kier alpha value is -2.80. The number of carbonyl (C=O) groups excluding carboxylic acids is 1. The smallest absolute Gasteiger partial charge is 0.223 e. The number of benzene rings is 2. The molecule has 4 nitrogen and oxygen atoms in total. The van der Waals surface area contributed by atoms with Crippen LogP contribution in [0, 0.1) is 29.3 Å². The lowest BCUT2D eigenvalue weighted by Crippen LogP contribution is -2.46. The predicted molar refractivity (Wildman–Crippen MR) is 113 cm³/mol. The summed E-state index contributed by atoms with van der Waals surface area (Å²) in [6, 6.07) is 7.64. The van der Waals surface area contributed by atoms with Crippen LogP contribution in [0.25, 0.3) is 22.2 Å². The summed E-state index contributed by atoms with van der Waals surface area (Å²) in [7, 11) is 0. The maximum atomic E-state index is 14.4. The molecule has 1 fully saturated rings. The molecule has 0 spiro atoms. The Morgan fingerprint density at radius 1 is 1.13 bits per heavy atom. The molecule has 7 heteroatoms. The third kappa shape index (κ3) is 4.06. The molecule has 0 saturated heterocycles. The number of hydrogen-bond acceptors (Lipinski definition) is 2. The van der Waals surface area contributed by atoms with Gasteiger partial charge >= 0.3 is 0 Å². The van der Waals surface area contributed by atoms with Crippen LogP contribution in [0.2, 0.25) is 0 Å². The van der Waals surface area contributed by atoms with Crippen molar-refractivity contribution in [1.29, 1.82) is 0 Å². The lowest BCUT2D eigenvalue weighted by atomic mass is 9.69. The van der Waals surface area contributed by atoms with E-state index in [1.807, 2.05) is 13.8 Å². The minimum atomic E-state index is -0.694. The minimum absolute atomic E-state index is 0.0719. The van der Waals surface area contributed by atoms with Gasteiger partial charge in [0.15, 0.2) is 0 Å². The van der Waals surface area contributed by atoms with E-state index in [1.54, 1.807) is 12.1 Å². The summed E-state index contributed by atoms with van der Waals surface area (Å²) in [5, 5.41) is 12.8. The van der Waals surface area contributed by atoms with Crippen LogP contribution in [0.4, 0.5) is 13.2 Å². The fraction of sp³-hybridized carbons (Fsp3) is 0.375. The Labute approximate surface area is 178 Å². The van der Waals surface area contributed by atoms with Gasteiger partial charge in [0.1, 0.15) is 17.5 Å². The zero-order chi connectivity index (χ0) is 22.3. The molecule has 1 heterocycles. The number of halogens is 3. The number of H-pyrrole nitrogens is 1. The number of aromatic nitrogens is 1. The topological polar surface area (TPSA) is 65.1 Å². The molecule has 1 saturated carbocycles. The Morgan fingerprint density at radius 3 is 2.42 bits per heavy atom. The van der Waals surface area contributed by atoms with E-state index in [9.17, 15) is 23.1 Å². The number of aliphatic hydroxyl groups excluding tert-OH is 1. The quantitative estimate of drug-likeness (QED) is 0.522. The fourth-order valence-electron chi connectivity index (χ4n) is 4.30. The van der Waals surface area contributed by atoms with Crippen LogP contribution in [0.1, 0.15) is 38.2 Å². The van der Waals surface area contributed by atoms with E-state index in [4.69, 9.17) is 0 Å². The molecule has 0 bridgehead atoms. The Kier molecular flexibility index (Phi) is 5.79. The molecule has 2 aromatic carbocycles. The van der Waals surface area contributed by atoms with Crippen LogP contribution in [0.3, 0.4) is 0 Å². The molecule has 0 radical (unpaired) electrons. The molecule has 4 rings (SSSR count). The van der Waals surface area contributed by atoms with Crippen LogP contribution in [-0.2, 0) is 4.79 Å². The van der Waals surface area contributed by atoms with Gasteiger partial charge in [-0.2, -0.15) is 0 Å². The van der Waals surface area contributed by atoms with Gasteiger partial charge in [-0.3, -0.25) is 4.79 Å². The van der Waals surface area contributed by atoms with Gasteiger partial charge in [-0.15, -0.1) is 0 Å². The fourth-order valence-corrected chi connectivity index (χ4v) is 4.30. The van der Waals surface area contributed by atoms with E-state index >= 15 is 0 Å². The first-order valence-electron chi connectivity index (χ1n) is 10.5. The Morgan fingerprint density at radius 2 is 1.81 bits per heavy atom. The molecule has 1 aliphatic rings. The first kappa shape index (κ1) is 21.4. The second-order valence-electron chi connectivity index (χ2n) is 8.64. The van der Waals surface area contributed by atoms with Crippen molar-refractivity contribution in [3.8, 4) is 11.3 Å². The summed E-state index contributed by atoms with van der Waals surface area (Å²) in [6.07, 6.45) is 1.06. The molecule has 1 amide bonds. The average Bonchev–Trinajstić information content (AvgIpc) is 3.05. The Bertz CT molecular complexity index is 1100. The summed E-state index contributed by atoms with van der Waals surface area (Å²) in [5.74, 6) is -2.07. The van der Waals surface area contributed by atoms with Crippen molar-refractivity contribution in [2.75, 3.05) is 6.61 Å². The first-order chi connectivity index (χ1) is 14.8. The van der Waals surface area contributed by atoms with Crippen molar-refractivity contribution in [2.45, 2.75) is 38.6 Å². The lowest BCUT2D eigenvalue weighted by Gasteiger charge is -2.36. The van der Waals surface area contributed by atoms with Gasteiger partial charge in [0.2, 0.25) is 5.91 Å². The van der Waals surface area contributed by atoms with Crippen molar-refractivity contribution >= 4 is 16.8 Å². The summed E-state index contributed by atoms with van der Waals surface area (Å²) in [6.45, 7) is 3.72. The average molecular weight is 430 g/mol. The standard InChI is InChI=1S/C24H25F3N2O2/c1-12(2)20(11-30)28-24(31)15-7-14(8-15)21-18-9-17(26)10-19(27)23(18)29-22(21)13-3-5-16(25)6-4-13/h3-6,9-10,12,14-15,20,29-30H,7-8,11H2,1-2H3,(H,28,31)/t14?,15?,20-/m1/s1. The molecule has 31 heavy (non-hydrogen) atoms. The summed E-state index contributed by atoms with van der Waals surface area (Å²) >= 11 is 0. The molecule has 1 aromatic heterocycles. The molecule has 0 aliphatic heterocycles. The normalized spacial score (nSPS) is 19.5. The minimum Gasteiger partial charge on any atom is -0.394 e. The van der Waals surface area contributed by atoms with Crippen LogP contribution in [-0.4, -0.2) is 28.6 Å². The second-order valence-corrected chi connectivity index (χ2v) is 8.64. The highest BCUT2D eigenvalue weighted by atomic mass is 19.1. The van der Waals surface area contributed by atoms with Crippen LogP contribution < -0.4 is 5.32 Å². The highest BCUT2D eigenvalue weighted by Gasteiger charge is 2.39. The van der Waals surface area contributed by atoms with Crippen LogP contribution in [0.15, 0.2) is 36.4 Å². The maximum Gasteiger partial charge on any atom is 0.223 e. The van der Waals surface area contributed by atoms with Crippen LogP contribution in [0.5, 0.6) is 0 Å². The number of aromatic amines is 1. The molecule has 3 aromatic rings. The third-order valence-electron chi connectivity index (χ3n) is 6.24. The van der Waals surface area contributed by atoms with Crippen molar-refractivity contribution in [2.24, 2.45) is 11.8 Å². The zero-order valence-corrected chi connectivity index (χ0v) is 17.4. The molecule has 3 N–H and O–H groups in total. The van der Waals surface area contributed by atoms with E-state index < -0.39 is 11.6 Å². The van der Waals surface area contributed by atoms with Gasteiger partial charge in [0.05, 0.1) is 23.9 Å². The summed E-state index contributed by atoms with van der Waals surface area (Å²) in [4.78, 5) is 15.6. The van der Waals surface area contributed by atoms with E-state index in [2.05, 4.69) is 10.3 Å². The number of aliphatic hydroxyl groups is 1. The van der Waals surface area contributed by atoms with E-state index in [0.717, 1.165) is 11.6 Å². The van der Waals surface area contributed by atoms with E-state index in [0.29, 0.717) is 29.5 Å². The van der Waals surface area contributed by atoms with Crippen molar-refractivity contribution < 1.29 is 23.1 Å². The van der Waals surface area contributed by atoms with Crippen molar-refractivity contribution in [3.05, 3.63) is 59.4 Å². The van der Waals surface area contributed by atoms with Crippen LogP contribution >= 0.6 is 0 Å². The van der Waals surface area contributed by atoms with Crippen molar-refractivity contribution in [1.82, 2.24) is 10.3 Å². The SMILES string of the molecule is CC(C)[C@@H](CO)NC(=O)C1CC(c2c(-c3ccc(F)cc3)[nH]c3c(F)cc(F)cc23)C1. The zero-order valence-electron chi connectivity index (χ0n) is 17.4. The third-order valence-corrected chi connectivity index (χ3v) is 6.24. The van der Waals surface area contributed by atoms with Gasteiger partial charge in [-0.25, -0.2) is 13.2 Å². The van der Waals surface area contributed by atoms with Gasteiger partial charge in [0.25, 0.3) is 0 Å². The number of rotatable bonds is 6. The van der Waals surface area contributed by atoms with Gasteiger partial charge < -0.3 is 15.4 Å². The molecule has 0 unspecified atom stereocenters. The van der Waals surface area contributed by atoms with E-state index in [1.165, 1.54) is 18.2 Å². The highest BCUT2D eigenvalue weighted by Crippen LogP contribution is 2.48. The Balaban J connectivity index is 1.65. The number of hydrogen-bond donors (Lipinski definition) is 3. The number of carbonyl (C=O) groups is 1. The van der Waals surface area contributed by atoms with Crippen molar-refractivity contribution in [3.63, 3.8) is 0 Å². The number of amides is 1.